The zero-order valence-electron chi connectivity index (χ0n) is 14.4. The third-order valence-corrected chi connectivity index (χ3v) is 4.85. The van der Waals surface area contributed by atoms with Crippen LogP contribution in [0.3, 0.4) is 0 Å². The Kier molecular flexibility index (Phi) is 6.90. The summed E-state index contributed by atoms with van der Waals surface area (Å²) in [7, 11) is 1.69. The predicted octanol–water partition coefficient (Wildman–Crippen LogP) is 2.90. The van der Waals surface area contributed by atoms with Crippen LogP contribution < -0.4 is 15.8 Å². The Morgan fingerprint density at radius 2 is 2.09 bits per heavy atom. The smallest absolute Gasteiger partial charge is 0.220 e. The largest absolute Gasteiger partial charge is 0.496 e. The number of hydrogen-bond acceptors (Lipinski definition) is 3. The van der Waals surface area contributed by atoms with E-state index in [1.54, 1.807) is 7.11 Å². The number of carbonyl (C=O) groups is 1. The fraction of sp³-hybridized carbons (Fsp3) is 0.632. The van der Waals surface area contributed by atoms with E-state index >= 15 is 0 Å². The predicted molar refractivity (Wildman–Crippen MR) is 93.4 cm³/mol. The van der Waals surface area contributed by atoms with Gasteiger partial charge in [0, 0.05) is 12.5 Å². The van der Waals surface area contributed by atoms with Gasteiger partial charge in [0.05, 0.1) is 7.11 Å². The summed E-state index contributed by atoms with van der Waals surface area (Å²) in [6.45, 7) is 2.79. The lowest BCUT2D eigenvalue weighted by atomic mass is 9.84. The fourth-order valence-corrected chi connectivity index (χ4v) is 3.58. The van der Waals surface area contributed by atoms with E-state index in [9.17, 15) is 4.79 Å². The van der Waals surface area contributed by atoms with Gasteiger partial charge in [-0.15, -0.1) is 0 Å². The molecule has 0 radical (unpaired) electrons. The van der Waals surface area contributed by atoms with Crippen molar-refractivity contribution in [2.75, 3.05) is 13.7 Å². The maximum atomic E-state index is 12.3. The van der Waals surface area contributed by atoms with Crippen LogP contribution in [0.1, 0.15) is 44.6 Å². The number of nitrogens with two attached hydrogens (primary N) is 1. The Bertz CT molecular complexity index is 504. The van der Waals surface area contributed by atoms with Gasteiger partial charge in [-0.1, -0.05) is 38.0 Å². The van der Waals surface area contributed by atoms with Crippen LogP contribution in [0.15, 0.2) is 24.3 Å². The SMILES string of the molecule is COc1ccccc1CC(C)CC(=O)NC1CCCCC1CN. The minimum absolute atomic E-state index is 0.151. The van der Waals surface area contributed by atoms with E-state index in [1.165, 1.54) is 12.8 Å². The summed E-state index contributed by atoms with van der Waals surface area (Å²) in [5.41, 5.74) is 7.00. The topological polar surface area (TPSA) is 64.3 Å². The Balaban J connectivity index is 1.84. The van der Waals surface area contributed by atoms with Gasteiger partial charge in [-0.05, 0) is 49.3 Å². The summed E-state index contributed by atoms with van der Waals surface area (Å²) in [4.78, 5) is 12.3. The van der Waals surface area contributed by atoms with Gasteiger partial charge < -0.3 is 15.8 Å². The minimum Gasteiger partial charge on any atom is -0.496 e. The number of nitrogens with one attached hydrogen (secondary N) is 1. The Morgan fingerprint density at radius 1 is 1.35 bits per heavy atom. The molecular formula is C19H30N2O2. The number of benzene rings is 1. The van der Waals surface area contributed by atoms with Crippen LogP contribution in [0, 0.1) is 11.8 Å². The molecule has 1 aliphatic carbocycles. The molecule has 4 heteroatoms. The molecule has 0 bridgehead atoms. The number of amides is 1. The summed E-state index contributed by atoms with van der Waals surface area (Å²) in [6, 6.07) is 8.28. The number of rotatable bonds is 7. The van der Waals surface area contributed by atoms with Gasteiger partial charge in [0.2, 0.25) is 5.91 Å². The number of ether oxygens (including phenoxy) is 1. The van der Waals surface area contributed by atoms with E-state index in [2.05, 4.69) is 18.3 Å². The van der Waals surface area contributed by atoms with Crippen molar-refractivity contribution in [1.29, 1.82) is 0 Å². The van der Waals surface area contributed by atoms with E-state index in [1.807, 2.05) is 18.2 Å². The molecule has 4 nitrogen and oxygen atoms in total. The Labute approximate surface area is 139 Å². The first-order valence-corrected chi connectivity index (χ1v) is 8.75. The van der Waals surface area contributed by atoms with Crippen molar-refractivity contribution in [2.45, 2.75) is 51.5 Å². The molecule has 1 amide bonds. The van der Waals surface area contributed by atoms with Gasteiger partial charge in [-0.3, -0.25) is 4.79 Å². The first-order valence-electron chi connectivity index (χ1n) is 8.75. The van der Waals surface area contributed by atoms with Crippen LogP contribution in [0.5, 0.6) is 5.75 Å². The molecule has 1 aromatic carbocycles. The highest BCUT2D eigenvalue weighted by molar-refractivity contribution is 5.76. The van der Waals surface area contributed by atoms with Gasteiger partial charge in [-0.25, -0.2) is 0 Å². The second kappa shape index (κ2) is 8.92. The molecule has 0 aliphatic heterocycles. The molecule has 1 saturated carbocycles. The molecule has 3 N–H and O–H groups in total. The molecular weight excluding hydrogens is 288 g/mol. The zero-order valence-corrected chi connectivity index (χ0v) is 14.4. The molecule has 3 unspecified atom stereocenters. The van der Waals surface area contributed by atoms with Gasteiger partial charge in [0.25, 0.3) is 0 Å². The Hall–Kier alpha value is -1.55. The van der Waals surface area contributed by atoms with Crippen molar-refractivity contribution < 1.29 is 9.53 Å². The van der Waals surface area contributed by atoms with Crippen LogP contribution in [-0.4, -0.2) is 25.6 Å². The first kappa shape index (κ1) is 17.8. The van der Waals surface area contributed by atoms with Crippen molar-refractivity contribution in [3.05, 3.63) is 29.8 Å². The van der Waals surface area contributed by atoms with Crippen molar-refractivity contribution >= 4 is 5.91 Å². The van der Waals surface area contributed by atoms with Crippen LogP contribution in [-0.2, 0) is 11.2 Å². The standard InChI is InChI=1S/C19H30N2O2/c1-14(11-15-7-4-6-10-18(15)23-2)12-19(22)21-17-9-5-3-8-16(17)13-20/h4,6-7,10,14,16-17H,3,5,8-9,11-13,20H2,1-2H3,(H,21,22). The molecule has 0 saturated heterocycles. The van der Waals surface area contributed by atoms with E-state index in [4.69, 9.17) is 10.5 Å². The van der Waals surface area contributed by atoms with E-state index in [-0.39, 0.29) is 17.9 Å². The fourth-order valence-electron chi connectivity index (χ4n) is 3.58. The van der Waals surface area contributed by atoms with Gasteiger partial charge in [0.15, 0.2) is 0 Å². The lowest BCUT2D eigenvalue weighted by Crippen LogP contribution is -2.45. The molecule has 0 heterocycles. The van der Waals surface area contributed by atoms with E-state index in [0.717, 1.165) is 30.6 Å². The van der Waals surface area contributed by atoms with Crippen LogP contribution in [0.2, 0.25) is 0 Å². The van der Waals surface area contributed by atoms with Crippen molar-refractivity contribution in [1.82, 2.24) is 5.32 Å². The number of hydrogen-bond donors (Lipinski definition) is 2. The first-order chi connectivity index (χ1) is 11.1. The van der Waals surface area contributed by atoms with Crippen molar-refractivity contribution in [2.24, 2.45) is 17.6 Å². The van der Waals surface area contributed by atoms with Crippen molar-refractivity contribution in [3.8, 4) is 5.75 Å². The molecule has 1 aromatic rings. The Morgan fingerprint density at radius 3 is 2.83 bits per heavy atom. The monoisotopic (exact) mass is 318 g/mol. The number of para-hydroxylation sites is 1. The lowest BCUT2D eigenvalue weighted by Gasteiger charge is -2.31. The highest BCUT2D eigenvalue weighted by atomic mass is 16.5. The maximum Gasteiger partial charge on any atom is 0.220 e. The molecule has 2 rings (SSSR count). The average Bonchev–Trinajstić information content (AvgIpc) is 2.55. The minimum atomic E-state index is 0.151. The maximum absolute atomic E-state index is 12.3. The van der Waals surface area contributed by atoms with Gasteiger partial charge >= 0.3 is 0 Å². The van der Waals surface area contributed by atoms with E-state index < -0.39 is 0 Å². The van der Waals surface area contributed by atoms with Crippen LogP contribution >= 0.6 is 0 Å². The molecule has 128 valence electrons. The molecule has 1 fully saturated rings. The third-order valence-electron chi connectivity index (χ3n) is 4.85. The highest BCUT2D eigenvalue weighted by Crippen LogP contribution is 2.25. The number of carbonyl (C=O) groups excluding carboxylic acids is 1. The normalized spacial score (nSPS) is 22.4. The highest BCUT2D eigenvalue weighted by Gasteiger charge is 2.25. The summed E-state index contributed by atoms with van der Waals surface area (Å²) < 4.78 is 5.39. The summed E-state index contributed by atoms with van der Waals surface area (Å²) in [5, 5.41) is 3.21. The van der Waals surface area contributed by atoms with Crippen molar-refractivity contribution in [3.63, 3.8) is 0 Å². The lowest BCUT2D eigenvalue weighted by molar-refractivity contribution is -0.123. The van der Waals surface area contributed by atoms with E-state index in [0.29, 0.717) is 18.9 Å². The van der Waals surface area contributed by atoms with Crippen LogP contribution in [0.25, 0.3) is 0 Å². The molecule has 3 atom stereocenters. The average molecular weight is 318 g/mol. The zero-order chi connectivity index (χ0) is 16.7. The summed E-state index contributed by atoms with van der Waals surface area (Å²) in [6.07, 6.45) is 6.03. The second-order valence-electron chi connectivity index (χ2n) is 6.78. The number of methoxy groups -OCH3 is 1. The van der Waals surface area contributed by atoms with Gasteiger partial charge in [0.1, 0.15) is 5.75 Å². The molecule has 0 spiro atoms. The summed E-state index contributed by atoms with van der Waals surface area (Å²) >= 11 is 0. The van der Waals surface area contributed by atoms with Gasteiger partial charge in [-0.2, -0.15) is 0 Å². The quantitative estimate of drug-likeness (QED) is 0.812. The molecule has 23 heavy (non-hydrogen) atoms. The summed E-state index contributed by atoms with van der Waals surface area (Å²) in [5.74, 6) is 1.77. The molecule has 1 aliphatic rings. The third kappa shape index (κ3) is 5.24. The van der Waals surface area contributed by atoms with Crippen LogP contribution in [0.4, 0.5) is 0 Å². The second-order valence-corrected chi connectivity index (χ2v) is 6.78. The molecule has 0 aromatic heterocycles.